The molecule has 1 aromatic carbocycles. The molecule has 162 valence electrons. The second kappa shape index (κ2) is 9.40. The fourth-order valence-electron chi connectivity index (χ4n) is 4.33. The first-order valence-corrected chi connectivity index (χ1v) is 11.8. The molecule has 2 fully saturated rings. The van der Waals surface area contributed by atoms with E-state index in [0.29, 0.717) is 37.2 Å². The van der Waals surface area contributed by atoms with Crippen molar-refractivity contribution < 1.29 is 18.1 Å². The number of ether oxygens (including phenoxy) is 1. The Morgan fingerprint density at radius 1 is 1.17 bits per heavy atom. The molecule has 9 heteroatoms. The summed E-state index contributed by atoms with van der Waals surface area (Å²) in [4.78, 5) is 13.1. The van der Waals surface area contributed by atoms with E-state index in [1.807, 2.05) is 4.90 Å². The van der Waals surface area contributed by atoms with E-state index in [0.717, 1.165) is 38.5 Å². The highest BCUT2D eigenvalue weighted by Gasteiger charge is 2.29. The van der Waals surface area contributed by atoms with Crippen molar-refractivity contribution in [3.05, 3.63) is 28.3 Å². The van der Waals surface area contributed by atoms with Crippen molar-refractivity contribution in [2.24, 2.45) is 11.8 Å². The summed E-state index contributed by atoms with van der Waals surface area (Å²) in [5.74, 6) is 1.07. The third-order valence-corrected chi connectivity index (χ3v) is 7.67. The molecule has 0 aromatic heterocycles. The molecule has 1 heterocycles. The summed E-state index contributed by atoms with van der Waals surface area (Å²) in [7, 11) is -2.11. The summed E-state index contributed by atoms with van der Waals surface area (Å²) in [6, 6.07) is 4.16. The maximum Gasteiger partial charge on any atom is 0.293 e. The van der Waals surface area contributed by atoms with E-state index in [-0.39, 0.29) is 16.6 Å². The van der Waals surface area contributed by atoms with E-state index in [1.165, 1.54) is 12.1 Å². The van der Waals surface area contributed by atoms with Crippen molar-refractivity contribution in [1.29, 1.82) is 0 Å². The van der Waals surface area contributed by atoms with Crippen LogP contribution in [0.15, 0.2) is 23.1 Å². The van der Waals surface area contributed by atoms with Gasteiger partial charge in [0.05, 0.1) is 9.82 Å². The van der Waals surface area contributed by atoms with Crippen molar-refractivity contribution in [3.8, 4) is 0 Å². The number of anilines is 1. The molecule has 1 aromatic rings. The summed E-state index contributed by atoms with van der Waals surface area (Å²) >= 11 is 0. The van der Waals surface area contributed by atoms with Gasteiger partial charge in [-0.15, -0.1) is 0 Å². The van der Waals surface area contributed by atoms with Gasteiger partial charge in [0, 0.05) is 38.9 Å². The van der Waals surface area contributed by atoms with Crippen LogP contribution in [0.3, 0.4) is 0 Å². The minimum atomic E-state index is -3.79. The third kappa shape index (κ3) is 5.46. The summed E-state index contributed by atoms with van der Waals surface area (Å²) in [5.41, 5.74) is 0.326. The monoisotopic (exact) mass is 425 g/mol. The third-order valence-electron chi connectivity index (χ3n) is 6.15. The SMILES string of the molecule is COCC1CCN(c2ccc(S(=O)(=O)NC3CCC(C)CC3)cc2[N+](=O)[O-])CC1. The van der Waals surface area contributed by atoms with Crippen LogP contribution in [0.2, 0.25) is 0 Å². The molecule has 0 radical (unpaired) electrons. The van der Waals surface area contributed by atoms with Gasteiger partial charge in [0.2, 0.25) is 10.0 Å². The predicted octanol–water partition coefficient (Wildman–Crippen LogP) is 3.31. The maximum atomic E-state index is 12.8. The molecular formula is C20H31N3O5S. The van der Waals surface area contributed by atoms with E-state index in [4.69, 9.17) is 4.74 Å². The lowest BCUT2D eigenvalue weighted by molar-refractivity contribution is -0.384. The molecule has 0 bridgehead atoms. The van der Waals surface area contributed by atoms with Gasteiger partial charge in [0.15, 0.2) is 0 Å². The van der Waals surface area contributed by atoms with Gasteiger partial charge >= 0.3 is 0 Å². The number of rotatable bonds is 7. The molecule has 0 atom stereocenters. The Balaban J connectivity index is 1.76. The number of methoxy groups -OCH3 is 1. The molecule has 0 amide bonds. The Labute approximate surface area is 172 Å². The minimum Gasteiger partial charge on any atom is -0.384 e. The quantitative estimate of drug-likeness (QED) is 0.531. The van der Waals surface area contributed by atoms with Gasteiger partial charge in [-0.2, -0.15) is 0 Å². The highest BCUT2D eigenvalue weighted by atomic mass is 32.2. The molecule has 0 unspecified atom stereocenters. The molecule has 0 spiro atoms. The molecule has 1 aliphatic carbocycles. The van der Waals surface area contributed by atoms with Crippen LogP contribution in [0.5, 0.6) is 0 Å². The number of nitrogens with zero attached hydrogens (tertiary/aromatic N) is 2. The van der Waals surface area contributed by atoms with Gasteiger partial charge in [-0.1, -0.05) is 6.92 Å². The Bertz CT molecular complexity index is 813. The van der Waals surface area contributed by atoms with Crippen molar-refractivity contribution in [3.63, 3.8) is 0 Å². The molecule has 1 saturated heterocycles. The molecule has 1 saturated carbocycles. The van der Waals surface area contributed by atoms with Crippen LogP contribution in [-0.4, -0.2) is 46.2 Å². The summed E-state index contributed by atoms with van der Waals surface area (Å²) < 4.78 is 33.5. The standard InChI is InChI=1S/C20H31N3O5S/c1-15-3-5-17(6-4-15)21-29(26,27)18-7-8-19(20(13-18)23(24)25)22-11-9-16(10-12-22)14-28-2/h7-8,13,15-17,21H,3-6,9-12,14H2,1-2H3. The van der Waals surface area contributed by atoms with Crippen molar-refractivity contribution >= 4 is 21.4 Å². The fourth-order valence-corrected chi connectivity index (χ4v) is 5.65. The fraction of sp³-hybridized carbons (Fsp3) is 0.700. The Kier molecular flexibility index (Phi) is 7.13. The van der Waals surface area contributed by atoms with Crippen LogP contribution < -0.4 is 9.62 Å². The lowest BCUT2D eigenvalue weighted by Crippen LogP contribution is -2.37. The summed E-state index contributed by atoms with van der Waals surface area (Å²) in [5, 5.41) is 11.7. The van der Waals surface area contributed by atoms with E-state index in [1.54, 1.807) is 13.2 Å². The topological polar surface area (TPSA) is 102 Å². The van der Waals surface area contributed by atoms with Crippen LogP contribution >= 0.6 is 0 Å². The first kappa shape index (κ1) is 22.0. The number of nitro groups is 1. The van der Waals surface area contributed by atoms with Gasteiger partial charge in [-0.05, 0) is 62.5 Å². The van der Waals surface area contributed by atoms with Gasteiger partial charge < -0.3 is 9.64 Å². The highest BCUT2D eigenvalue weighted by molar-refractivity contribution is 7.89. The number of nitro benzene ring substituents is 1. The molecule has 1 N–H and O–H groups in total. The molecule has 1 aliphatic heterocycles. The number of hydrogen-bond acceptors (Lipinski definition) is 6. The Morgan fingerprint density at radius 2 is 1.83 bits per heavy atom. The van der Waals surface area contributed by atoms with Gasteiger partial charge in [0.25, 0.3) is 5.69 Å². The second-order valence-corrected chi connectivity index (χ2v) is 10.1. The molecule has 2 aliphatic rings. The van der Waals surface area contributed by atoms with Gasteiger partial charge in [-0.3, -0.25) is 10.1 Å². The van der Waals surface area contributed by atoms with E-state index in [2.05, 4.69) is 11.6 Å². The van der Waals surface area contributed by atoms with Crippen LogP contribution in [0.4, 0.5) is 11.4 Å². The van der Waals surface area contributed by atoms with Crippen molar-refractivity contribution in [2.75, 3.05) is 31.7 Å². The zero-order valence-corrected chi connectivity index (χ0v) is 18.0. The second-order valence-electron chi connectivity index (χ2n) is 8.37. The average Bonchev–Trinajstić information content (AvgIpc) is 2.70. The average molecular weight is 426 g/mol. The predicted molar refractivity (Wildman–Crippen MR) is 112 cm³/mol. The summed E-state index contributed by atoms with van der Waals surface area (Å²) in [6.45, 7) is 4.25. The van der Waals surface area contributed by atoms with Crippen LogP contribution in [0.1, 0.15) is 45.4 Å². The van der Waals surface area contributed by atoms with Crippen LogP contribution in [0.25, 0.3) is 0 Å². The zero-order valence-electron chi connectivity index (χ0n) is 17.2. The molecule has 3 rings (SSSR count). The van der Waals surface area contributed by atoms with Crippen LogP contribution in [-0.2, 0) is 14.8 Å². The first-order chi connectivity index (χ1) is 13.8. The molecule has 29 heavy (non-hydrogen) atoms. The zero-order chi connectivity index (χ0) is 21.0. The van der Waals surface area contributed by atoms with E-state index < -0.39 is 14.9 Å². The van der Waals surface area contributed by atoms with E-state index in [9.17, 15) is 18.5 Å². The number of sulfonamides is 1. The number of nitrogens with one attached hydrogen (secondary N) is 1. The molecular weight excluding hydrogens is 394 g/mol. The molecule has 8 nitrogen and oxygen atoms in total. The van der Waals surface area contributed by atoms with Crippen LogP contribution in [0, 0.1) is 22.0 Å². The largest absolute Gasteiger partial charge is 0.384 e. The summed E-state index contributed by atoms with van der Waals surface area (Å²) in [6.07, 6.45) is 5.38. The van der Waals surface area contributed by atoms with Crippen molar-refractivity contribution in [2.45, 2.75) is 56.4 Å². The van der Waals surface area contributed by atoms with Gasteiger partial charge in [0.1, 0.15) is 5.69 Å². The number of benzene rings is 1. The number of piperidine rings is 1. The van der Waals surface area contributed by atoms with Gasteiger partial charge in [-0.25, -0.2) is 13.1 Å². The van der Waals surface area contributed by atoms with E-state index >= 15 is 0 Å². The number of hydrogen-bond donors (Lipinski definition) is 1. The minimum absolute atomic E-state index is 0.0409. The smallest absolute Gasteiger partial charge is 0.293 e. The lowest BCUT2D eigenvalue weighted by atomic mass is 9.88. The van der Waals surface area contributed by atoms with Crippen molar-refractivity contribution in [1.82, 2.24) is 4.72 Å². The lowest BCUT2D eigenvalue weighted by Gasteiger charge is -2.33. The maximum absolute atomic E-state index is 12.8. The Morgan fingerprint density at radius 3 is 2.41 bits per heavy atom. The highest BCUT2D eigenvalue weighted by Crippen LogP contribution is 2.34. The Hall–Kier alpha value is -1.71. The first-order valence-electron chi connectivity index (χ1n) is 10.3. The normalized spacial score (nSPS) is 23.9.